The van der Waals surface area contributed by atoms with Crippen LogP contribution >= 0.6 is 0 Å². The minimum Gasteiger partial charge on any atom is -0.398 e. The van der Waals surface area contributed by atoms with E-state index in [1.54, 1.807) is 0 Å². The summed E-state index contributed by atoms with van der Waals surface area (Å²) in [7, 11) is 0. The molecular formula is C21H32N2. The molecule has 0 radical (unpaired) electrons. The molecule has 0 spiro atoms. The van der Waals surface area contributed by atoms with Gasteiger partial charge in [0, 0.05) is 16.8 Å². The number of hydrogen-bond donors (Lipinski definition) is 1. The van der Waals surface area contributed by atoms with Crippen molar-refractivity contribution in [3.63, 3.8) is 0 Å². The standard InChI is InChI=1S/C21H32N2/c1-2-3-4-5-6-7-8-9-10-11-14-18-17-20(22)19-15-12-13-16-21(19)23-18/h12-13,15-17H,2-11,14H2,1H3,(H2,22,23). The van der Waals surface area contributed by atoms with Crippen LogP contribution in [0.4, 0.5) is 5.69 Å². The van der Waals surface area contributed by atoms with Crippen molar-refractivity contribution in [2.24, 2.45) is 0 Å². The van der Waals surface area contributed by atoms with E-state index >= 15 is 0 Å². The lowest BCUT2D eigenvalue weighted by Gasteiger charge is -2.06. The molecule has 1 heterocycles. The van der Waals surface area contributed by atoms with Crippen molar-refractivity contribution in [3.8, 4) is 0 Å². The molecular weight excluding hydrogens is 280 g/mol. The van der Waals surface area contributed by atoms with Gasteiger partial charge in [-0.25, -0.2) is 0 Å². The third kappa shape index (κ3) is 6.21. The van der Waals surface area contributed by atoms with Crippen LogP contribution in [0.5, 0.6) is 0 Å². The predicted octanol–water partition coefficient (Wildman–Crippen LogP) is 6.28. The number of nitrogens with two attached hydrogens (primary N) is 1. The lowest BCUT2D eigenvalue weighted by Crippen LogP contribution is -1.96. The van der Waals surface area contributed by atoms with Gasteiger partial charge in [0.05, 0.1) is 5.52 Å². The minimum absolute atomic E-state index is 0.859. The SMILES string of the molecule is CCCCCCCCCCCCc1cc(N)c2ccccc2n1. The second-order valence-corrected chi connectivity index (χ2v) is 6.65. The Morgan fingerprint density at radius 1 is 0.826 bits per heavy atom. The molecule has 2 aromatic rings. The number of para-hydroxylation sites is 1. The third-order valence-corrected chi connectivity index (χ3v) is 4.59. The maximum Gasteiger partial charge on any atom is 0.0725 e. The van der Waals surface area contributed by atoms with E-state index in [0.717, 1.165) is 28.7 Å². The molecule has 126 valence electrons. The zero-order valence-corrected chi connectivity index (χ0v) is 14.7. The van der Waals surface area contributed by atoms with Gasteiger partial charge in [-0.1, -0.05) is 82.9 Å². The quantitative estimate of drug-likeness (QED) is 0.496. The maximum atomic E-state index is 6.14. The highest BCUT2D eigenvalue weighted by atomic mass is 14.7. The van der Waals surface area contributed by atoms with Crippen LogP contribution in [0.1, 0.15) is 76.8 Å². The molecule has 23 heavy (non-hydrogen) atoms. The number of unbranched alkanes of at least 4 members (excludes halogenated alkanes) is 9. The summed E-state index contributed by atoms with van der Waals surface area (Å²) in [4.78, 5) is 4.73. The van der Waals surface area contributed by atoms with Gasteiger partial charge in [0.2, 0.25) is 0 Å². The number of benzene rings is 1. The molecule has 2 nitrogen and oxygen atoms in total. The molecule has 0 bridgehead atoms. The topological polar surface area (TPSA) is 38.9 Å². The smallest absolute Gasteiger partial charge is 0.0725 e. The molecule has 0 aliphatic carbocycles. The molecule has 2 heteroatoms. The van der Waals surface area contributed by atoms with E-state index in [0.29, 0.717) is 0 Å². The van der Waals surface area contributed by atoms with Gasteiger partial charge in [-0.15, -0.1) is 0 Å². The molecule has 0 saturated carbocycles. The molecule has 1 aromatic heterocycles. The zero-order chi connectivity index (χ0) is 16.3. The number of aromatic nitrogens is 1. The van der Waals surface area contributed by atoms with Crippen molar-refractivity contribution in [1.29, 1.82) is 0 Å². The summed E-state index contributed by atoms with van der Waals surface area (Å²) in [6, 6.07) is 10.2. The summed E-state index contributed by atoms with van der Waals surface area (Å²) >= 11 is 0. The van der Waals surface area contributed by atoms with E-state index in [2.05, 4.69) is 13.0 Å². The number of rotatable bonds is 11. The van der Waals surface area contributed by atoms with Crippen LogP contribution in [0.15, 0.2) is 30.3 Å². The molecule has 0 aliphatic rings. The average molecular weight is 313 g/mol. The lowest BCUT2D eigenvalue weighted by atomic mass is 10.0. The van der Waals surface area contributed by atoms with Gasteiger partial charge in [0.25, 0.3) is 0 Å². The van der Waals surface area contributed by atoms with Gasteiger partial charge in [-0.2, -0.15) is 0 Å². The fourth-order valence-electron chi connectivity index (χ4n) is 3.18. The molecule has 0 fully saturated rings. The number of hydrogen-bond acceptors (Lipinski definition) is 2. The molecule has 0 aliphatic heterocycles. The Kier molecular flexibility index (Phi) is 7.92. The normalized spacial score (nSPS) is 11.2. The summed E-state index contributed by atoms with van der Waals surface area (Å²) < 4.78 is 0. The van der Waals surface area contributed by atoms with E-state index in [1.807, 2.05) is 24.3 Å². The summed E-state index contributed by atoms with van der Waals surface area (Å²) in [6.07, 6.45) is 14.7. The van der Waals surface area contributed by atoms with Crippen molar-refractivity contribution < 1.29 is 0 Å². The van der Waals surface area contributed by atoms with E-state index < -0.39 is 0 Å². The van der Waals surface area contributed by atoms with Crippen LogP contribution in [0, 0.1) is 0 Å². The van der Waals surface area contributed by atoms with Crippen LogP contribution in [0.2, 0.25) is 0 Å². The van der Waals surface area contributed by atoms with Crippen LogP contribution < -0.4 is 5.73 Å². The summed E-state index contributed by atoms with van der Waals surface area (Å²) in [5, 5.41) is 1.07. The molecule has 1 aromatic carbocycles. The Balaban J connectivity index is 1.61. The fraction of sp³-hybridized carbons (Fsp3) is 0.571. The lowest BCUT2D eigenvalue weighted by molar-refractivity contribution is 0.555. The Morgan fingerprint density at radius 2 is 1.43 bits per heavy atom. The number of fused-ring (bicyclic) bond motifs is 1. The Bertz CT molecular complexity index is 577. The summed E-state index contributed by atoms with van der Waals surface area (Å²) in [6.45, 7) is 2.28. The van der Waals surface area contributed by atoms with Crippen molar-refractivity contribution in [2.45, 2.75) is 77.6 Å². The summed E-state index contributed by atoms with van der Waals surface area (Å²) in [5.74, 6) is 0. The van der Waals surface area contributed by atoms with Crippen molar-refractivity contribution in [2.75, 3.05) is 5.73 Å². The number of anilines is 1. The fourth-order valence-corrected chi connectivity index (χ4v) is 3.18. The zero-order valence-electron chi connectivity index (χ0n) is 14.7. The molecule has 0 amide bonds. The molecule has 2 N–H and O–H groups in total. The van der Waals surface area contributed by atoms with Crippen LogP contribution in [0.3, 0.4) is 0 Å². The minimum atomic E-state index is 0.859. The largest absolute Gasteiger partial charge is 0.398 e. The highest BCUT2D eigenvalue weighted by molar-refractivity contribution is 5.90. The number of pyridine rings is 1. The highest BCUT2D eigenvalue weighted by Crippen LogP contribution is 2.21. The van der Waals surface area contributed by atoms with Crippen LogP contribution in [-0.2, 0) is 6.42 Å². The molecule has 0 atom stereocenters. The first-order chi connectivity index (χ1) is 11.3. The van der Waals surface area contributed by atoms with Crippen LogP contribution in [0.25, 0.3) is 10.9 Å². The summed E-state index contributed by atoms with van der Waals surface area (Å²) in [5.41, 5.74) is 9.16. The Morgan fingerprint density at radius 3 is 2.13 bits per heavy atom. The van der Waals surface area contributed by atoms with E-state index in [-0.39, 0.29) is 0 Å². The first-order valence-corrected chi connectivity index (χ1v) is 9.45. The van der Waals surface area contributed by atoms with Gasteiger partial charge in [0.1, 0.15) is 0 Å². The maximum absolute atomic E-state index is 6.14. The van der Waals surface area contributed by atoms with E-state index in [1.165, 1.54) is 64.2 Å². The van der Waals surface area contributed by atoms with Crippen molar-refractivity contribution in [3.05, 3.63) is 36.0 Å². The van der Waals surface area contributed by atoms with Gasteiger partial charge in [0.15, 0.2) is 0 Å². The molecule has 0 saturated heterocycles. The Hall–Kier alpha value is -1.57. The molecule has 2 rings (SSSR count). The van der Waals surface area contributed by atoms with E-state index in [4.69, 9.17) is 10.7 Å². The van der Waals surface area contributed by atoms with Crippen molar-refractivity contribution in [1.82, 2.24) is 4.98 Å². The second-order valence-electron chi connectivity index (χ2n) is 6.65. The third-order valence-electron chi connectivity index (χ3n) is 4.59. The van der Waals surface area contributed by atoms with Crippen molar-refractivity contribution >= 4 is 16.6 Å². The van der Waals surface area contributed by atoms with Gasteiger partial charge < -0.3 is 5.73 Å². The first kappa shape index (κ1) is 17.8. The number of aryl methyl sites for hydroxylation is 1. The average Bonchev–Trinajstić information content (AvgIpc) is 2.57. The van der Waals surface area contributed by atoms with E-state index in [9.17, 15) is 0 Å². The monoisotopic (exact) mass is 312 g/mol. The predicted molar refractivity (Wildman–Crippen MR) is 102 cm³/mol. The van der Waals surface area contributed by atoms with Gasteiger partial charge >= 0.3 is 0 Å². The second kappa shape index (κ2) is 10.3. The van der Waals surface area contributed by atoms with Crippen LogP contribution in [-0.4, -0.2) is 4.98 Å². The first-order valence-electron chi connectivity index (χ1n) is 9.45. The Labute approximate surface area is 141 Å². The van der Waals surface area contributed by atoms with Gasteiger partial charge in [-0.3, -0.25) is 4.98 Å². The number of nitrogen functional groups attached to an aromatic ring is 1. The molecule has 0 unspecified atom stereocenters. The highest BCUT2D eigenvalue weighted by Gasteiger charge is 2.03. The number of nitrogens with zero attached hydrogens (tertiary/aromatic N) is 1. The van der Waals surface area contributed by atoms with Gasteiger partial charge in [-0.05, 0) is 25.0 Å².